The van der Waals surface area contributed by atoms with Crippen LogP contribution in [-0.2, 0) is 20.9 Å². The van der Waals surface area contributed by atoms with Gasteiger partial charge in [0.05, 0.1) is 36.1 Å². The summed E-state index contributed by atoms with van der Waals surface area (Å²) in [4.78, 5) is 25.4. The van der Waals surface area contributed by atoms with Crippen LogP contribution in [-0.4, -0.2) is 36.4 Å². The lowest BCUT2D eigenvalue weighted by Crippen LogP contribution is -2.45. The lowest BCUT2D eigenvalue weighted by molar-refractivity contribution is -0.139. The summed E-state index contributed by atoms with van der Waals surface area (Å²) >= 11 is 11.5. The molecule has 0 unspecified atom stereocenters. The number of hydrogen-bond donors (Lipinski definition) is 3. The van der Waals surface area contributed by atoms with E-state index in [2.05, 4.69) is 27.2 Å². The van der Waals surface area contributed by atoms with Crippen LogP contribution in [0.2, 0.25) is 5.02 Å². The minimum atomic E-state index is -0.647. The van der Waals surface area contributed by atoms with Gasteiger partial charge in [0, 0.05) is 27.4 Å². The number of nitrogens with one attached hydrogen (secondary N) is 3. The predicted octanol–water partition coefficient (Wildman–Crippen LogP) is 4.68. The van der Waals surface area contributed by atoms with E-state index in [1.807, 2.05) is 12.1 Å². The Hall–Kier alpha value is -4.92. The van der Waals surface area contributed by atoms with Crippen molar-refractivity contribution in [3.8, 4) is 17.6 Å². The number of carbonyl (C=O) groups excluding carboxylic acids is 2. The fourth-order valence-corrected chi connectivity index (χ4v) is 4.72. The topological polar surface area (TPSA) is 134 Å². The summed E-state index contributed by atoms with van der Waals surface area (Å²) < 4.78 is 17.0. The van der Waals surface area contributed by atoms with Gasteiger partial charge in [-0.05, 0) is 56.4 Å². The molecule has 3 N–H and O–H groups in total. The Morgan fingerprint density at radius 2 is 1.88 bits per heavy atom. The van der Waals surface area contributed by atoms with Crippen LogP contribution in [0.25, 0.3) is 0 Å². The van der Waals surface area contributed by atoms with E-state index in [9.17, 15) is 14.9 Å². The minimum absolute atomic E-state index is 0.162. The van der Waals surface area contributed by atoms with Gasteiger partial charge in [0.25, 0.3) is 5.91 Å². The molecule has 3 aromatic rings. The second-order valence-corrected chi connectivity index (χ2v) is 9.99. The van der Waals surface area contributed by atoms with E-state index < -0.39 is 17.9 Å². The Morgan fingerprint density at radius 3 is 2.67 bits per heavy atom. The normalized spacial score (nSPS) is 14.4. The molecule has 0 aromatic heterocycles. The highest BCUT2D eigenvalue weighted by Gasteiger charge is 2.32. The van der Waals surface area contributed by atoms with Gasteiger partial charge in [-0.3, -0.25) is 4.79 Å². The third-order valence-corrected chi connectivity index (χ3v) is 6.69. The number of allylic oxidation sites excluding steroid dienone is 1. The smallest absolute Gasteiger partial charge is 0.338 e. The number of thiocarbonyl (C=S) groups is 1. The van der Waals surface area contributed by atoms with E-state index in [1.165, 1.54) is 6.21 Å². The first-order valence-corrected chi connectivity index (χ1v) is 14.0. The zero-order chi connectivity index (χ0) is 30.8. The van der Waals surface area contributed by atoms with Crippen LogP contribution in [0.1, 0.15) is 42.1 Å². The van der Waals surface area contributed by atoms with Crippen molar-refractivity contribution in [2.45, 2.75) is 26.5 Å². The van der Waals surface area contributed by atoms with Gasteiger partial charge in [0.2, 0.25) is 0 Å². The third-order valence-electron chi connectivity index (χ3n) is 6.24. The molecule has 4 rings (SSSR count). The second kappa shape index (κ2) is 14.8. The lowest BCUT2D eigenvalue weighted by atomic mass is 9.95. The van der Waals surface area contributed by atoms with Crippen molar-refractivity contribution in [3.63, 3.8) is 0 Å². The zero-order valence-electron chi connectivity index (χ0n) is 23.3. The molecule has 0 bridgehead atoms. The molecule has 1 heterocycles. The largest absolute Gasteiger partial charge is 0.488 e. The summed E-state index contributed by atoms with van der Waals surface area (Å²) in [5.41, 5.74) is 5.72. The van der Waals surface area contributed by atoms with Crippen LogP contribution >= 0.6 is 23.8 Å². The van der Waals surface area contributed by atoms with E-state index in [0.717, 1.165) is 5.56 Å². The van der Waals surface area contributed by atoms with Gasteiger partial charge in [-0.15, -0.1) is 0 Å². The molecule has 43 heavy (non-hydrogen) atoms. The molecule has 3 aromatic carbocycles. The lowest BCUT2D eigenvalue weighted by Gasteiger charge is -2.30. The number of para-hydroxylation sites is 1. The molecule has 10 nitrogen and oxygen atoms in total. The average Bonchev–Trinajstić information content (AvgIpc) is 2.99. The highest BCUT2D eigenvalue weighted by Crippen LogP contribution is 2.33. The number of nitriles is 1. The Labute approximate surface area is 259 Å². The maximum atomic E-state index is 12.7. The van der Waals surface area contributed by atoms with E-state index in [0.29, 0.717) is 49.6 Å². The Bertz CT molecular complexity index is 1630. The highest BCUT2D eigenvalue weighted by molar-refractivity contribution is 7.80. The van der Waals surface area contributed by atoms with Crippen LogP contribution < -0.4 is 25.5 Å². The van der Waals surface area contributed by atoms with Crippen molar-refractivity contribution < 1.29 is 23.8 Å². The summed E-state index contributed by atoms with van der Waals surface area (Å²) in [7, 11) is 0. The zero-order valence-corrected chi connectivity index (χ0v) is 24.9. The Kier molecular flexibility index (Phi) is 10.7. The number of nitrogens with zero attached hydrogens (tertiary/aromatic N) is 2. The summed E-state index contributed by atoms with van der Waals surface area (Å²) in [6.07, 6.45) is 1.41. The SMILES string of the molecule is CCOC(=O)C1=C(C)NC(=S)N[C@H]1c1ccccc1OCC(=O)NN=Cc1cc(Cl)ccc1OCc1ccccc1C#N. The van der Waals surface area contributed by atoms with Crippen molar-refractivity contribution in [1.29, 1.82) is 5.26 Å². The van der Waals surface area contributed by atoms with Gasteiger partial charge >= 0.3 is 5.97 Å². The second-order valence-electron chi connectivity index (χ2n) is 9.15. The molecule has 0 saturated heterocycles. The van der Waals surface area contributed by atoms with E-state index in [-0.39, 0.29) is 19.8 Å². The van der Waals surface area contributed by atoms with Crippen LogP contribution in [0.4, 0.5) is 0 Å². The number of hydrazone groups is 1. The fraction of sp³-hybridized carbons (Fsp3) is 0.194. The highest BCUT2D eigenvalue weighted by atomic mass is 35.5. The molecule has 0 saturated carbocycles. The van der Waals surface area contributed by atoms with Crippen molar-refractivity contribution in [3.05, 3.63) is 105 Å². The van der Waals surface area contributed by atoms with Crippen LogP contribution in [0, 0.1) is 11.3 Å². The van der Waals surface area contributed by atoms with Crippen molar-refractivity contribution in [2.24, 2.45) is 5.10 Å². The molecule has 1 aliphatic heterocycles. The molecule has 1 atom stereocenters. The molecule has 0 aliphatic carbocycles. The fourth-order valence-electron chi connectivity index (χ4n) is 4.27. The number of amides is 1. The molecule has 0 spiro atoms. The van der Waals surface area contributed by atoms with Gasteiger partial charge in [0.15, 0.2) is 11.7 Å². The number of benzene rings is 3. The molecular formula is C31H28ClN5O5S. The number of carbonyl (C=O) groups is 2. The van der Waals surface area contributed by atoms with E-state index >= 15 is 0 Å². The van der Waals surface area contributed by atoms with Crippen molar-refractivity contribution in [2.75, 3.05) is 13.2 Å². The first-order chi connectivity index (χ1) is 20.8. The summed E-state index contributed by atoms with van der Waals surface area (Å²) in [5, 5.41) is 20.2. The Morgan fingerprint density at radius 1 is 1.12 bits per heavy atom. The summed E-state index contributed by atoms with van der Waals surface area (Å²) in [6.45, 7) is 3.48. The number of esters is 1. The predicted molar refractivity (Wildman–Crippen MR) is 166 cm³/mol. The third kappa shape index (κ3) is 8.09. The number of ether oxygens (including phenoxy) is 3. The molecule has 0 fully saturated rings. The van der Waals surface area contributed by atoms with Crippen molar-refractivity contribution >= 4 is 47.0 Å². The van der Waals surface area contributed by atoms with E-state index in [4.69, 9.17) is 38.0 Å². The molecular weight excluding hydrogens is 590 g/mol. The average molecular weight is 618 g/mol. The van der Waals surface area contributed by atoms with Gasteiger partial charge in [-0.2, -0.15) is 10.4 Å². The number of halogens is 1. The van der Waals surface area contributed by atoms with Crippen LogP contribution in [0.5, 0.6) is 11.5 Å². The van der Waals surface area contributed by atoms with E-state index in [1.54, 1.807) is 68.4 Å². The van der Waals surface area contributed by atoms with Crippen LogP contribution in [0.15, 0.2) is 83.1 Å². The maximum absolute atomic E-state index is 12.7. The molecule has 220 valence electrons. The molecule has 0 radical (unpaired) electrons. The molecule has 1 aliphatic rings. The minimum Gasteiger partial charge on any atom is -0.488 e. The van der Waals surface area contributed by atoms with Gasteiger partial charge < -0.3 is 24.8 Å². The van der Waals surface area contributed by atoms with Gasteiger partial charge in [-0.25, -0.2) is 10.2 Å². The van der Waals surface area contributed by atoms with Gasteiger partial charge in [-0.1, -0.05) is 48.0 Å². The first-order valence-electron chi connectivity index (χ1n) is 13.2. The summed E-state index contributed by atoms with van der Waals surface area (Å²) in [5.74, 6) is -0.173. The standard InChI is InChI=1S/C31H28ClN5O5S/c1-3-40-30(39)28-19(2)35-31(43)36-29(28)24-10-6-7-11-26(24)42-18-27(38)37-34-16-22-14-23(32)12-13-25(22)41-17-21-9-5-4-8-20(21)15-33/h4-14,16,29H,3,17-18H2,1-2H3,(H,37,38)(H2,35,36,43)/t29-/m0/s1. The molecule has 1 amide bonds. The van der Waals surface area contributed by atoms with Crippen molar-refractivity contribution in [1.82, 2.24) is 16.1 Å². The summed E-state index contributed by atoms with van der Waals surface area (Å²) in [6, 6.07) is 20.6. The van der Waals surface area contributed by atoms with Gasteiger partial charge in [0.1, 0.15) is 18.1 Å². The maximum Gasteiger partial charge on any atom is 0.338 e. The van der Waals surface area contributed by atoms with Crippen LogP contribution in [0.3, 0.4) is 0 Å². The number of rotatable bonds is 11. The quantitative estimate of drug-likeness (QED) is 0.121. The monoisotopic (exact) mass is 617 g/mol. The number of hydrogen-bond acceptors (Lipinski definition) is 8. The first kappa shape index (κ1) is 31.0. The molecule has 12 heteroatoms. The Balaban J connectivity index is 1.42.